The second-order valence-electron chi connectivity index (χ2n) is 3.87. The van der Waals surface area contributed by atoms with E-state index in [4.69, 9.17) is 5.73 Å². The summed E-state index contributed by atoms with van der Waals surface area (Å²) < 4.78 is 0. The zero-order valence-corrected chi connectivity index (χ0v) is 8.91. The number of nitrogens with zero attached hydrogens (tertiary/aromatic N) is 1. The fourth-order valence-corrected chi connectivity index (χ4v) is 1.98. The van der Waals surface area contributed by atoms with Gasteiger partial charge in [0.25, 0.3) is 0 Å². The van der Waals surface area contributed by atoms with Gasteiger partial charge in [-0.25, -0.2) is 0 Å². The summed E-state index contributed by atoms with van der Waals surface area (Å²) in [5.41, 5.74) is 5.52. The largest absolute Gasteiger partial charge is 0.339 e. The molecule has 1 rings (SSSR count). The normalized spacial score (nSPS) is 23.0. The van der Waals surface area contributed by atoms with Crippen molar-refractivity contribution < 1.29 is 4.79 Å². The van der Waals surface area contributed by atoms with Crippen LogP contribution in [-0.2, 0) is 4.79 Å². The first-order chi connectivity index (χ1) is 6.77. The van der Waals surface area contributed by atoms with Crippen LogP contribution in [0.15, 0.2) is 12.2 Å². The van der Waals surface area contributed by atoms with E-state index in [1.165, 1.54) is 6.42 Å². The van der Waals surface area contributed by atoms with E-state index in [1.54, 1.807) is 12.2 Å². The summed E-state index contributed by atoms with van der Waals surface area (Å²) in [6.45, 7) is 4.40. The van der Waals surface area contributed by atoms with Crippen LogP contribution in [0.3, 0.4) is 0 Å². The predicted molar refractivity (Wildman–Crippen MR) is 57.8 cm³/mol. The zero-order chi connectivity index (χ0) is 10.4. The van der Waals surface area contributed by atoms with Crippen LogP contribution in [0.5, 0.6) is 0 Å². The lowest BCUT2D eigenvalue weighted by molar-refractivity contribution is -0.127. The Morgan fingerprint density at radius 1 is 1.64 bits per heavy atom. The Hall–Kier alpha value is -0.830. The number of nitrogens with two attached hydrogens (primary N) is 1. The molecule has 1 heterocycles. The molecule has 1 aliphatic heterocycles. The summed E-state index contributed by atoms with van der Waals surface area (Å²) in [6, 6.07) is 0. The van der Waals surface area contributed by atoms with E-state index in [0.717, 1.165) is 32.5 Å². The standard InChI is InChI=1S/C11H20N2O/c1-2-4-11(14)13-8-3-5-10(9-13)6-7-12/h2,4,10H,3,5-9,12H2,1H3/b4-2+. The number of hydrogen-bond acceptors (Lipinski definition) is 2. The van der Waals surface area contributed by atoms with Crippen LogP contribution in [0.1, 0.15) is 26.2 Å². The molecule has 0 aliphatic carbocycles. The van der Waals surface area contributed by atoms with Crippen molar-refractivity contribution in [3.63, 3.8) is 0 Å². The Labute approximate surface area is 86.0 Å². The van der Waals surface area contributed by atoms with Gasteiger partial charge in [-0.05, 0) is 44.7 Å². The minimum Gasteiger partial charge on any atom is -0.339 e. The molecule has 1 aliphatic rings. The van der Waals surface area contributed by atoms with Gasteiger partial charge in [-0.3, -0.25) is 4.79 Å². The molecule has 1 saturated heterocycles. The Kier molecular flexibility index (Phi) is 4.66. The number of hydrogen-bond donors (Lipinski definition) is 1. The highest BCUT2D eigenvalue weighted by Gasteiger charge is 2.21. The van der Waals surface area contributed by atoms with Gasteiger partial charge < -0.3 is 10.6 Å². The second-order valence-corrected chi connectivity index (χ2v) is 3.87. The molecule has 0 aromatic carbocycles. The van der Waals surface area contributed by atoms with Crippen molar-refractivity contribution in [2.45, 2.75) is 26.2 Å². The maximum absolute atomic E-state index is 11.6. The molecule has 80 valence electrons. The molecule has 1 fully saturated rings. The third kappa shape index (κ3) is 3.14. The number of carbonyl (C=O) groups is 1. The first-order valence-corrected chi connectivity index (χ1v) is 5.39. The van der Waals surface area contributed by atoms with E-state index >= 15 is 0 Å². The molecular weight excluding hydrogens is 176 g/mol. The molecule has 3 heteroatoms. The highest BCUT2D eigenvalue weighted by molar-refractivity contribution is 5.87. The van der Waals surface area contributed by atoms with E-state index < -0.39 is 0 Å². The first-order valence-electron chi connectivity index (χ1n) is 5.39. The monoisotopic (exact) mass is 196 g/mol. The third-order valence-electron chi connectivity index (χ3n) is 2.71. The molecule has 1 amide bonds. The van der Waals surface area contributed by atoms with Crippen LogP contribution >= 0.6 is 0 Å². The smallest absolute Gasteiger partial charge is 0.246 e. The van der Waals surface area contributed by atoms with Crippen molar-refractivity contribution in [3.8, 4) is 0 Å². The Bertz CT molecular complexity index is 211. The SMILES string of the molecule is C/C=C/C(=O)N1CCCC(CCN)C1. The van der Waals surface area contributed by atoms with Crippen molar-refractivity contribution in [1.29, 1.82) is 0 Å². The Balaban J connectivity index is 2.43. The molecule has 0 radical (unpaired) electrons. The molecule has 0 aromatic heterocycles. The Morgan fingerprint density at radius 2 is 2.43 bits per heavy atom. The van der Waals surface area contributed by atoms with Gasteiger partial charge in [0.05, 0.1) is 0 Å². The van der Waals surface area contributed by atoms with Crippen molar-refractivity contribution in [3.05, 3.63) is 12.2 Å². The lowest BCUT2D eigenvalue weighted by Gasteiger charge is -2.31. The van der Waals surface area contributed by atoms with Gasteiger partial charge in [-0.2, -0.15) is 0 Å². The van der Waals surface area contributed by atoms with Crippen LogP contribution in [0.25, 0.3) is 0 Å². The lowest BCUT2D eigenvalue weighted by atomic mass is 9.95. The molecule has 0 bridgehead atoms. The number of amides is 1. The van der Waals surface area contributed by atoms with E-state index in [2.05, 4.69) is 0 Å². The van der Waals surface area contributed by atoms with Gasteiger partial charge in [-0.1, -0.05) is 6.08 Å². The van der Waals surface area contributed by atoms with E-state index in [-0.39, 0.29) is 5.91 Å². The third-order valence-corrected chi connectivity index (χ3v) is 2.71. The van der Waals surface area contributed by atoms with Crippen LogP contribution in [0, 0.1) is 5.92 Å². The van der Waals surface area contributed by atoms with Crippen molar-refractivity contribution in [2.75, 3.05) is 19.6 Å². The van der Waals surface area contributed by atoms with Gasteiger partial charge in [0.1, 0.15) is 0 Å². The molecule has 0 spiro atoms. The summed E-state index contributed by atoms with van der Waals surface area (Å²) in [5, 5.41) is 0. The number of rotatable bonds is 3. The predicted octanol–water partition coefficient (Wildman–Crippen LogP) is 1.15. The maximum Gasteiger partial charge on any atom is 0.246 e. The highest BCUT2D eigenvalue weighted by Crippen LogP contribution is 2.19. The fraction of sp³-hybridized carbons (Fsp3) is 0.727. The van der Waals surface area contributed by atoms with Gasteiger partial charge in [0.15, 0.2) is 0 Å². The van der Waals surface area contributed by atoms with E-state index in [9.17, 15) is 4.79 Å². The second kappa shape index (κ2) is 5.81. The quantitative estimate of drug-likeness (QED) is 0.688. The van der Waals surface area contributed by atoms with Gasteiger partial charge in [0.2, 0.25) is 5.91 Å². The molecule has 0 aromatic rings. The molecule has 3 nitrogen and oxygen atoms in total. The van der Waals surface area contributed by atoms with E-state index in [1.807, 2.05) is 11.8 Å². The number of likely N-dealkylation sites (tertiary alicyclic amines) is 1. The van der Waals surface area contributed by atoms with Crippen LogP contribution in [-0.4, -0.2) is 30.4 Å². The minimum absolute atomic E-state index is 0.147. The number of piperidine rings is 1. The molecule has 1 atom stereocenters. The van der Waals surface area contributed by atoms with Crippen molar-refractivity contribution in [2.24, 2.45) is 11.7 Å². The fourth-order valence-electron chi connectivity index (χ4n) is 1.98. The maximum atomic E-state index is 11.6. The number of allylic oxidation sites excluding steroid dienone is 1. The Morgan fingerprint density at radius 3 is 3.07 bits per heavy atom. The zero-order valence-electron chi connectivity index (χ0n) is 8.91. The molecular formula is C11H20N2O. The first kappa shape index (κ1) is 11.2. The number of carbonyl (C=O) groups excluding carboxylic acids is 1. The summed E-state index contributed by atoms with van der Waals surface area (Å²) in [5.74, 6) is 0.761. The van der Waals surface area contributed by atoms with Crippen LogP contribution < -0.4 is 5.73 Å². The van der Waals surface area contributed by atoms with Crippen LogP contribution in [0.2, 0.25) is 0 Å². The van der Waals surface area contributed by atoms with Crippen LogP contribution in [0.4, 0.5) is 0 Å². The topological polar surface area (TPSA) is 46.3 Å². The summed E-state index contributed by atoms with van der Waals surface area (Å²) >= 11 is 0. The average Bonchev–Trinajstić information content (AvgIpc) is 2.19. The highest BCUT2D eigenvalue weighted by atomic mass is 16.2. The lowest BCUT2D eigenvalue weighted by Crippen LogP contribution is -2.39. The summed E-state index contributed by atoms with van der Waals surface area (Å²) in [7, 11) is 0. The van der Waals surface area contributed by atoms with Gasteiger partial charge in [-0.15, -0.1) is 0 Å². The molecule has 1 unspecified atom stereocenters. The average molecular weight is 196 g/mol. The van der Waals surface area contributed by atoms with Gasteiger partial charge >= 0.3 is 0 Å². The van der Waals surface area contributed by atoms with Crippen molar-refractivity contribution in [1.82, 2.24) is 4.90 Å². The molecule has 2 N–H and O–H groups in total. The summed E-state index contributed by atoms with van der Waals surface area (Å²) in [6.07, 6.45) is 6.82. The minimum atomic E-state index is 0.147. The summed E-state index contributed by atoms with van der Waals surface area (Å²) in [4.78, 5) is 13.5. The van der Waals surface area contributed by atoms with E-state index in [0.29, 0.717) is 5.92 Å². The molecule has 14 heavy (non-hydrogen) atoms. The molecule has 0 saturated carbocycles. The van der Waals surface area contributed by atoms with Crippen molar-refractivity contribution >= 4 is 5.91 Å². The van der Waals surface area contributed by atoms with Gasteiger partial charge in [0, 0.05) is 13.1 Å².